The third-order valence-corrected chi connectivity index (χ3v) is 6.79. The summed E-state index contributed by atoms with van der Waals surface area (Å²) in [6.45, 7) is 4.12. The molecule has 0 saturated carbocycles. The lowest BCUT2D eigenvalue weighted by molar-refractivity contribution is -0.131. The number of rotatable bonds is 7. The lowest BCUT2D eigenvalue weighted by Crippen LogP contribution is -2.49. The van der Waals surface area contributed by atoms with Gasteiger partial charge in [-0.2, -0.15) is 0 Å². The van der Waals surface area contributed by atoms with Gasteiger partial charge in [0.2, 0.25) is 5.91 Å². The number of carbonyl (C=O) groups excluding carboxylic acids is 3. The normalized spacial score (nSPS) is 15.2. The summed E-state index contributed by atoms with van der Waals surface area (Å²) in [7, 11) is 0. The van der Waals surface area contributed by atoms with Crippen LogP contribution in [0.3, 0.4) is 0 Å². The minimum Gasteiger partial charge on any atom is -0.326 e. The molecule has 4 rings (SSSR count). The molecule has 7 nitrogen and oxygen atoms in total. The second kappa shape index (κ2) is 11.0. The molecule has 0 bridgehead atoms. The summed E-state index contributed by atoms with van der Waals surface area (Å²) in [5.74, 6) is -1.14. The summed E-state index contributed by atoms with van der Waals surface area (Å²) in [5.41, 5.74) is 6.70. The first-order valence-corrected chi connectivity index (χ1v) is 12.5. The van der Waals surface area contributed by atoms with Crippen LogP contribution in [0.5, 0.6) is 0 Å². The number of hydrazine groups is 1. The smallest absolute Gasteiger partial charge is 0.269 e. The maximum absolute atomic E-state index is 13.5. The molecule has 0 aromatic heterocycles. The Morgan fingerprint density at radius 1 is 1.00 bits per heavy atom. The maximum Gasteiger partial charge on any atom is 0.269 e. The molecule has 0 unspecified atom stereocenters. The predicted octanol–water partition coefficient (Wildman–Crippen LogP) is 4.74. The topological polar surface area (TPSA) is 81.8 Å². The van der Waals surface area contributed by atoms with Crippen molar-refractivity contribution < 1.29 is 14.4 Å². The van der Waals surface area contributed by atoms with Crippen molar-refractivity contribution in [2.75, 3.05) is 5.32 Å². The number of nitrogens with zero attached hydrogens (tertiary/aromatic N) is 2. The van der Waals surface area contributed by atoms with Gasteiger partial charge in [-0.1, -0.05) is 64.0 Å². The number of benzene rings is 3. The van der Waals surface area contributed by atoms with Crippen molar-refractivity contribution in [2.24, 2.45) is 0 Å². The average molecular weight is 565 g/mol. The largest absolute Gasteiger partial charge is 0.326 e. The zero-order chi connectivity index (χ0) is 25.8. The summed E-state index contributed by atoms with van der Waals surface area (Å²) >= 11 is 8.95. The molecule has 1 aliphatic rings. The van der Waals surface area contributed by atoms with Crippen LogP contribution in [-0.4, -0.2) is 38.8 Å². The molecule has 36 heavy (non-hydrogen) atoms. The van der Waals surface area contributed by atoms with Gasteiger partial charge in [0.05, 0.1) is 13.0 Å². The van der Waals surface area contributed by atoms with E-state index in [0.717, 1.165) is 21.2 Å². The van der Waals surface area contributed by atoms with Crippen LogP contribution in [0.15, 0.2) is 77.3 Å². The van der Waals surface area contributed by atoms with Gasteiger partial charge in [0, 0.05) is 15.7 Å². The summed E-state index contributed by atoms with van der Waals surface area (Å²) in [5, 5.41) is 4.34. The predicted molar refractivity (Wildman–Crippen MR) is 146 cm³/mol. The molecule has 0 radical (unpaired) electrons. The molecular weight excluding hydrogens is 540 g/mol. The number of amides is 3. The van der Waals surface area contributed by atoms with E-state index in [4.69, 9.17) is 12.2 Å². The minimum absolute atomic E-state index is 0.138. The Morgan fingerprint density at radius 3 is 2.36 bits per heavy atom. The molecule has 1 fully saturated rings. The van der Waals surface area contributed by atoms with Crippen LogP contribution in [-0.2, 0) is 16.1 Å². The summed E-state index contributed by atoms with van der Waals surface area (Å²) < 4.78 is 0.834. The Kier molecular flexibility index (Phi) is 7.81. The van der Waals surface area contributed by atoms with Crippen molar-refractivity contribution in [2.45, 2.75) is 32.9 Å². The van der Waals surface area contributed by atoms with E-state index in [-0.39, 0.29) is 29.9 Å². The van der Waals surface area contributed by atoms with Gasteiger partial charge in [-0.05, 0) is 67.5 Å². The van der Waals surface area contributed by atoms with Crippen LogP contribution in [0.2, 0.25) is 0 Å². The lowest BCUT2D eigenvalue weighted by atomic mass is 10.1. The van der Waals surface area contributed by atoms with Crippen LogP contribution in [0, 0.1) is 13.8 Å². The molecule has 2 N–H and O–H groups in total. The Hall–Kier alpha value is -3.56. The van der Waals surface area contributed by atoms with Gasteiger partial charge in [0.25, 0.3) is 11.8 Å². The van der Waals surface area contributed by atoms with E-state index in [0.29, 0.717) is 11.3 Å². The molecule has 1 heterocycles. The number of halogens is 1. The highest BCUT2D eigenvalue weighted by molar-refractivity contribution is 9.10. The van der Waals surface area contributed by atoms with Crippen molar-refractivity contribution in [1.29, 1.82) is 0 Å². The molecule has 3 aromatic carbocycles. The fraction of sp³-hybridized carbons (Fsp3) is 0.185. The van der Waals surface area contributed by atoms with Crippen molar-refractivity contribution in [3.8, 4) is 0 Å². The molecule has 1 atom stereocenters. The number of thiocarbonyl (C=S) groups is 1. The minimum atomic E-state index is -0.980. The van der Waals surface area contributed by atoms with Gasteiger partial charge in [-0.3, -0.25) is 24.7 Å². The monoisotopic (exact) mass is 564 g/mol. The fourth-order valence-corrected chi connectivity index (χ4v) is 4.56. The average Bonchev–Trinajstić information content (AvgIpc) is 3.06. The Bertz CT molecular complexity index is 1310. The van der Waals surface area contributed by atoms with Crippen molar-refractivity contribution in [1.82, 2.24) is 15.3 Å². The van der Waals surface area contributed by atoms with E-state index in [2.05, 4.69) is 26.7 Å². The van der Waals surface area contributed by atoms with E-state index in [9.17, 15) is 14.4 Å². The molecule has 3 aromatic rings. The zero-order valence-electron chi connectivity index (χ0n) is 19.8. The quantitative estimate of drug-likeness (QED) is 0.405. The highest BCUT2D eigenvalue weighted by Crippen LogP contribution is 2.23. The maximum atomic E-state index is 13.5. The first kappa shape index (κ1) is 25.5. The molecule has 1 aliphatic heterocycles. The highest BCUT2D eigenvalue weighted by Gasteiger charge is 2.44. The van der Waals surface area contributed by atoms with Crippen LogP contribution in [0.4, 0.5) is 5.69 Å². The Balaban J connectivity index is 1.56. The van der Waals surface area contributed by atoms with Gasteiger partial charge in [-0.15, -0.1) is 0 Å². The lowest BCUT2D eigenvalue weighted by Gasteiger charge is -2.24. The molecule has 184 valence electrons. The first-order valence-electron chi connectivity index (χ1n) is 11.3. The van der Waals surface area contributed by atoms with Crippen LogP contribution in [0.1, 0.15) is 33.5 Å². The van der Waals surface area contributed by atoms with Crippen molar-refractivity contribution in [3.63, 3.8) is 0 Å². The van der Waals surface area contributed by atoms with Crippen LogP contribution >= 0.6 is 28.1 Å². The van der Waals surface area contributed by atoms with E-state index >= 15 is 0 Å². The number of hydrogen-bond acceptors (Lipinski definition) is 4. The van der Waals surface area contributed by atoms with Crippen LogP contribution < -0.4 is 10.7 Å². The molecule has 3 amide bonds. The molecule has 1 saturated heterocycles. The second-order valence-corrected chi connectivity index (χ2v) is 9.88. The fourth-order valence-electron chi connectivity index (χ4n) is 3.97. The van der Waals surface area contributed by atoms with E-state index in [1.165, 1.54) is 9.91 Å². The van der Waals surface area contributed by atoms with Crippen molar-refractivity contribution in [3.05, 3.63) is 99.5 Å². The summed E-state index contributed by atoms with van der Waals surface area (Å²) in [6.07, 6.45) is -0.182. The molecule has 0 spiro atoms. The number of hydrogen-bond donors (Lipinski definition) is 2. The Labute approximate surface area is 223 Å². The standard InChI is InChI=1S/C27H25BrN4O3S/c1-17-8-13-22(18(2)14-17)29-24(33)15-23-26(35)31(16-19-6-4-3-5-7-19)27(36)32(23)30-25(34)20-9-11-21(28)12-10-20/h3-14,23H,15-16H2,1-2H3,(H,29,33)(H,30,34)/t23-/m1/s1. The highest BCUT2D eigenvalue weighted by atomic mass is 79.9. The van der Waals surface area contributed by atoms with Crippen molar-refractivity contribution >= 4 is 56.7 Å². The molecular formula is C27H25BrN4O3S. The third-order valence-electron chi connectivity index (χ3n) is 5.85. The van der Waals surface area contributed by atoms with Gasteiger partial charge < -0.3 is 5.32 Å². The van der Waals surface area contributed by atoms with E-state index in [1.54, 1.807) is 24.3 Å². The SMILES string of the molecule is Cc1ccc(NC(=O)C[C@@H]2C(=O)N(Cc3ccccc3)C(=S)N2NC(=O)c2ccc(Br)cc2)c(C)c1. The Morgan fingerprint density at radius 2 is 1.69 bits per heavy atom. The van der Waals surface area contributed by atoms with Crippen LogP contribution in [0.25, 0.3) is 0 Å². The van der Waals surface area contributed by atoms with Gasteiger partial charge in [0.1, 0.15) is 6.04 Å². The number of nitrogens with one attached hydrogen (secondary N) is 2. The number of aryl methyl sites for hydroxylation is 2. The van der Waals surface area contributed by atoms with Gasteiger partial charge in [0.15, 0.2) is 5.11 Å². The summed E-state index contributed by atoms with van der Waals surface area (Å²) in [4.78, 5) is 40.8. The molecule has 9 heteroatoms. The third kappa shape index (κ3) is 5.80. The van der Waals surface area contributed by atoms with E-state index in [1.807, 2.05) is 62.4 Å². The second-order valence-electron chi connectivity index (χ2n) is 8.60. The molecule has 0 aliphatic carbocycles. The number of anilines is 1. The van der Waals surface area contributed by atoms with Gasteiger partial charge >= 0.3 is 0 Å². The van der Waals surface area contributed by atoms with Gasteiger partial charge in [-0.25, -0.2) is 5.01 Å². The van der Waals surface area contributed by atoms with E-state index < -0.39 is 11.9 Å². The number of carbonyl (C=O) groups is 3. The first-order chi connectivity index (χ1) is 17.2. The zero-order valence-corrected chi connectivity index (χ0v) is 22.2. The summed E-state index contributed by atoms with van der Waals surface area (Å²) in [6, 6.07) is 21.0.